The van der Waals surface area contributed by atoms with Gasteiger partial charge in [-0.15, -0.1) is 11.3 Å². The molecule has 1 aromatic heterocycles. The van der Waals surface area contributed by atoms with Crippen LogP contribution in [0.1, 0.15) is 30.2 Å². The van der Waals surface area contributed by atoms with E-state index >= 15 is 0 Å². The van der Waals surface area contributed by atoms with Crippen LogP contribution < -0.4 is 4.74 Å². The van der Waals surface area contributed by atoms with E-state index in [0.29, 0.717) is 0 Å². The smallest absolute Gasteiger partial charge is 0.314 e. The number of carbonyl (C=O) groups is 1. The second-order valence-corrected chi connectivity index (χ2v) is 8.49. The predicted molar refractivity (Wildman–Crippen MR) is 122 cm³/mol. The van der Waals surface area contributed by atoms with Crippen LogP contribution in [0.5, 0.6) is 11.5 Å². The fraction of sp³-hybridized carbons (Fsp3) is 0.192. The van der Waals surface area contributed by atoms with E-state index in [0.717, 1.165) is 27.3 Å². The van der Waals surface area contributed by atoms with Gasteiger partial charge in [-0.1, -0.05) is 68.4 Å². The van der Waals surface area contributed by atoms with Gasteiger partial charge in [-0.25, -0.2) is 0 Å². The average molecular weight is 417 g/mol. The van der Waals surface area contributed by atoms with Crippen LogP contribution in [-0.2, 0) is 16.1 Å². The monoisotopic (exact) mass is 416 g/mol. The van der Waals surface area contributed by atoms with Gasteiger partial charge in [-0.2, -0.15) is 0 Å². The number of benzene rings is 3. The molecule has 0 amide bonds. The van der Waals surface area contributed by atoms with Crippen molar-refractivity contribution in [2.24, 2.45) is 5.92 Å². The van der Waals surface area contributed by atoms with Crippen LogP contribution in [0.4, 0.5) is 0 Å². The normalized spacial score (nSPS) is 12.1. The maximum Gasteiger partial charge on any atom is 0.314 e. The topological polar surface area (TPSA) is 35.5 Å². The molecule has 0 saturated heterocycles. The zero-order chi connectivity index (χ0) is 20.9. The van der Waals surface area contributed by atoms with Crippen molar-refractivity contribution < 1.29 is 14.3 Å². The molecule has 1 atom stereocenters. The number of ether oxygens (including phenoxy) is 2. The van der Waals surface area contributed by atoms with Gasteiger partial charge in [0.2, 0.25) is 0 Å². The first kappa shape index (κ1) is 20.2. The Kier molecular flexibility index (Phi) is 6.15. The minimum Gasteiger partial charge on any atom is -0.460 e. The van der Waals surface area contributed by atoms with Crippen LogP contribution in [-0.4, -0.2) is 5.97 Å². The van der Waals surface area contributed by atoms with Gasteiger partial charge in [0.1, 0.15) is 18.1 Å². The van der Waals surface area contributed by atoms with Crippen molar-refractivity contribution in [3.8, 4) is 11.5 Å². The van der Waals surface area contributed by atoms with E-state index in [1.807, 2.05) is 66.7 Å². The molecule has 4 aromatic rings. The standard InChI is InChI=1S/C26H24O3S/c1-18(2)24(25-23-14-7-6-10-20(23)17-30-25)26(27)28-16-19-9-8-13-22(15-19)29-21-11-4-3-5-12-21/h3-15,17-18,24H,16H2,1-2H3. The van der Waals surface area contributed by atoms with E-state index in [1.165, 1.54) is 5.39 Å². The number of esters is 1. The molecule has 30 heavy (non-hydrogen) atoms. The van der Waals surface area contributed by atoms with Gasteiger partial charge >= 0.3 is 5.97 Å². The first-order chi connectivity index (χ1) is 14.6. The largest absolute Gasteiger partial charge is 0.460 e. The van der Waals surface area contributed by atoms with Crippen molar-refractivity contribution in [1.29, 1.82) is 0 Å². The molecule has 0 fully saturated rings. The molecule has 0 N–H and O–H groups in total. The van der Waals surface area contributed by atoms with E-state index in [9.17, 15) is 4.79 Å². The van der Waals surface area contributed by atoms with Gasteiger partial charge in [-0.05, 0) is 51.9 Å². The van der Waals surface area contributed by atoms with Gasteiger partial charge in [-0.3, -0.25) is 4.79 Å². The first-order valence-electron chi connectivity index (χ1n) is 10.1. The maximum atomic E-state index is 13.0. The maximum absolute atomic E-state index is 13.0. The van der Waals surface area contributed by atoms with Crippen LogP contribution in [0, 0.1) is 5.92 Å². The number of para-hydroxylation sites is 1. The van der Waals surface area contributed by atoms with Crippen molar-refractivity contribution in [1.82, 2.24) is 0 Å². The van der Waals surface area contributed by atoms with Crippen molar-refractivity contribution in [3.63, 3.8) is 0 Å². The zero-order valence-corrected chi connectivity index (χ0v) is 17.9. The Morgan fingerprint density at radius 1 is 0.900 bits per heavy atom. The molecule has 0 spiro atoms. The molecule has 3 nitrogen and oxygen atoms in total. The Labute approximate surface area is 180 Å². The summed E-state index contributed by atoms with van der Waals surface area (Å²) >= 11 is 1.63. The minimum absolute atomic E-state index is 0.146. The lowest BCUT2D eigenvalue weighted by molar-refractivity contribution is -0.147. The number of rotatable bonds is 7. The van der Waals surface area contributed by atoms with Gasteiger partial charge in [0.15, 0.2) is 0 Å². The summed E-state index contributed by atoms with van der Waals surface area (Å²) in [7, 11) is 0. The molecule has 1 unspecified atom stereocenters. The highest BCUT2D eigenvalue weighted by atomic mass is 32.1. The summed E-state index contributed by atoms with van der Waals surface area (Å²) in [5, 5.41) is 4.41. The molecule has 0 bridgehead atoms. The number of thiophene rings is 1. The summed E-state index contributed by atoms with van der Waals surface area (Å²) < 4.78 is 11.6. The first-order valence-corrected chi connectivity index (χ1v) is 10.9. The molecule has 1 heterocycles. The number of fused-ring (bicyclic) bond motifs is 1. The van der Waals surface area contributed by atoms with Gasteiger partial charge in [0.25, 0.3) is 0 Å². The van der Waals surface area contributed by atoms with Crippen molar-refractivity contribution in [3.05, 3.63) is 94.7 Å². The summed E-state index contributed by atoms with van der Waals surface area (Å²) in [5.41, 5.74) is 0.898. The SMILES string of the molecule is CC(C)C(C(=O)OCc1cccc(Oc2ccccc2)c1)c1scc2ccccc12. The molecule has 3 aromatic carbocycles. The third-order valence-electron chi connectivity index (χ3n) is 5.00. The Hall–Kier alpha value is -3.11. The summed E-state index contributed by atoms with van der Waals surface area (Å²) in [6, 6.07) is 25.5. The summed E-state index contributed by atoms with van der Waals surface area (Å²) in [5.74, 6) is 1.17. The van der Waals surface area contributed by atoms with E-state index in [2.05, 4.69) is 31.4 Å². The van der Waals surface area contributed by atoms with Gasteiger partial charge < -0.3 is 9.47 Å². The Balaban J connectivity index is 1.47. The highest BCUT2D eigenvalue weighted by molar-refractivity contribution is 7.11. The Bertz CT molecular complexity index is 1130. The zero-order valence-electron chi connectivity index (χ0n) is 17.1. The predicted octanol–water partition coefficient (Wildman–Crippen LogP) is 7.18. The summed E-state index contributed by atoms with van der Waals surface area (Å²) in [6.07, 6.45) is 0. The lowest BCUT2D eigenvalue weighted by atomic mass is 9.92. The van der Waals surface area contributed by atoms with Crippen LogP contribution in [0.15, 0.2) is 84.2 Å². The van der Waals surface area contributed by atoms with Crippen molar-refractivity contribution in [2.45, 2.75) is 26.4 Å². The van der Waals surface area contributed by atoms with Gasteiger partial charge in [0.05, 0.1) is 5.92 Å². The number of carbonyl (C=O) groups excluding carboxylic acids is 1. The summed E-state index contributed by atoms with van der Waals surface area (Å²) in [6.45, 7) is 4.35. The van der Waals surface area contributed by atoms with E-state index < -0.39 is 0 Å². The molecule has 0 aliphatic carbocycles. The van der Waals surface area contributed by atoms with Crippen LogP contribution in [0.2, 0.25) is 0 Å². The lowest BCUT2D eigenvalue weighted by Crippen LogP contribution is -2.20. The molecule has 0 aliphatic rings. The molecular formula is C26H24O3S. The highest BCUT2D eigenvalue weighted by Gasteiger charge is 2.28. The third kappa shape index (κ3) is 4.55. The molecular weight excluding hydrogens is 392 g/mol. The second-order valence-electron chi connectivity index (χ2n) is 7.58. The fourth-order valence-corrected chi connectivity index (χ4v) is 4.79. The molecule has 152 valence electrons. The quantitative estimate of drug-likeness (QED) is 0.299. The molecule has 4 rings (SSSR count). The average Bonchev–Trinajstić information content (AvgIpc) is 3.17. The van der Waals surface area contributed by atoms with E-state index in [4.69, 9.17) is 9.47 Å². The van der Waals surface area contributed by atoms with Crippen LogP contribution >= 0.6 is 11.3 Å². The number of hydrogen-bond donors (Lipinski definition) is 0. The second kappa shape index (κ2) is 9.14. The summed E-state index contributed by atoms with van der Waals surface area (Å²) in [4.78, 5) is 14.1. The molecule has 0 saturated carbocycles. The minimum atomic E-state index is -0.279. The highest BCUT2D eigenvalue weighted by Crippen LogP contribution is 2.37. The fourth-order valence-electron chi connectivity index (χ4n) is 3.51. The molecule has 4 heteroatoms. The lowest BCUT2D eigenvalue weighted by Gasteiger charge is -2.19. The van der Waals surface area contributed by atoms with Gasteiger partial charge in [0, 0.05) is 4.88 Å². The van der Waals surface area contributed by atoms with Crippen LogP contribution in [0.3, 0.4) is 0 Å². The Morgan fingerprint density at radius 3 is 2.43 bits per heavy atom. The molecule has 0 radical (unpaired) electrons. The van der Waals surface area contributed by atoms with Crippen LogP contribution in [0.25, 0.3) is 10.8 Å². The van der Waals surface area contributed by atoms with E-state index in [1.54, 1.807) is 11.3 Å². The van der Waals surface area contributed by atoms with Crippen molar-refractivity contribution in [2.75, 3.05) is 0 Å². The Morgan fingerprint density at radius 2 is 1.63 bits per heavy atom. The van der Waals surface area contributed by atoms with E-state index in [-0.39, 0.29) is 24.4 Å². The molecule has 0 aliphatic heterocycles. The third-order valence-corrected chi connectivity index (χ3v) is 6.10. The number of hydrogen-bond acceptors (Lipinski definition) is 4. The van der Waals surface area contributed by atoms with Crippen molar-refractivity contribution >= 4 is 28.1 Å².